The molecule has 0 fully saturated rings. The Morgan fingerprint density at radius 2 is 1.20 bits per heavy atom. The van der Waals surface area contributed by atoms with Gasteiger partial charge >= 0.3 is 0 Å². The maximum absolute atomic E-state index is 11.5. The van der Waals surface area contributed by atoms with Gasteiger partial charge in [0.05, 0.1) is 26.9 Å². The highest BCUT2D eigenvalue weighted by Gasteiger charge is 2.14. The van der Waals surface area contributed by atoms with Crippen molar-refractivity contribution in [1.29, 1.82) is 0 Å². The van der Waals surface area contributed by atoms with Crippen molar-refractivity contribution in [2.24, 2.45) is 0 Å². The van der Waals surface area contributed by atoms with Gasteiger partial charge in [0.2, 0.25) is 0 Å². The third kappa shape index (κ3) is 3.37. The SMILES string of the molecule is COc1ccc(-c2cccc3cccc(-c4ccc(OC)c(OC)c4)c23)cc1C=O. The quantitative estimate of drug-likeness (QED) is 0.373. The molecular weight excluding hydrogens is 376 g/mol. The van der Waals surface area contributed by atoms with E-state index in [0.29, 0.717) is 22.8 Å². The van der Waals surface area contributed by atoms with Crippen LogP contribution in [0.25, 0.3) is 33.0 Å². The number of hydrogen-bond acceptors (Lipinski definition) is 4. The fourth-order valence-electron chi connectivity index (χ4n) is 3.82. The van der Waals surface area contributed by atoms with Crippen LogP contribution in [0.4, 0.5) is 0 Å². The monoisotopic (exact) mass is 398 g/mol. The van der Waals surface area contributed by atoms with E-state index < -0.39 is 0 Å². The molecule has 0 atom stereocenters. The first-order valence-corrected chi connectivity index (χ1v) is 9.58. The first-order chi connectivity index (χ1) is 14.7. The molecule has 4 rings (SSSR count). The van der Waals surface area contributed by atoms with Crippen LogP contribution in [0.1, 0.15) is 10.4 Å². The summed E-state index contributed by atoms with van der Waals surface area (Å²) in [6, 6.07) is 24.0. The summed E-state index contributed by atoms with van der Waals surface area (Å²) in [4.78, 5) is 11.5. The van der Waals surface area contributed by atoms with Gasteiger partial charge in [0, 0.05) is 0 Å². The minimum atomic E-state index is 0.524. The second-order valence-electron chi connectivity index (χ2n) is 6.85. The minimum absolute atomic E-state index is 0.524. The van der Waals surface area contributed by atoms with Crippen LogP contribution in [-0.4, -0.2) is 27.6 Å². The van der Waals surface area contributed by atoms with Crippen LogP contribution in [0, 0.1) is 0 Å². The van der Waals surface area contributed by atoms with Crippen molar-refractivity contribution >= 4 is 17.1 Å². The third-order valence-corrected chi connectivity index (χ3v) is 5.27. The van der Waals surface area contributed by atoms with Crippen molar-refractivity contribution in [3.8, 4) is 39.5 Å². The van der Waals surface area contributed by atoms with Crippen LogP contribution >= 0.6 is 0 Å². The molecule has 4 aromatic rings. The summed E-state index contributed by atoms with van der Waals surface area (Å²) in [6.07, 6.45) is 0.822. The average Bonchev–Trinajstić information content (AvgIpc) is 2.82. The molecule has 0 amide bonds. The summed E-state index contributed by atoms with van der Waals surface area (Å²) in [5, 5.41) is 2.22. The molecule has 0 saturated carbocycles. The molecule has 0 unspecified atom stereocenters. The van der Waals surface area contributed by atoms with Gasteiger partial charge in [0.15, 0.2) is 17.8 Å². The van der Waals surface area contributed by atoms with Crippen LogP contribution in [0.15, 0.2) is 72.8 Å². The van der Waals surface area contributed by atoms with E-state index in [4.69, 9.17) is 14.2 Å². The molecule has 0 heterocycles. The Balaban J connectivity index is 1.98. The van der Waals surface area contributed by atoms with Gasteiger partial charge in [-0.05, 0) is 57.3 Å². The molecule has 0 spiro atoms. The molecule has 4 nitrogen and oxygen atoms in total. The van der Waals surface area contributed by atoms with Gasteiger partial charge in [-0.15, -0.1) is 0 Å². The van der Waals surface area contributed by atoms with Crippen LogP contribution in [-0.2, 0) is 0 Å². The van der Waals surface area contributed by atoms with Gasteiger partial charge in [-0.1, -0.05) is 48.5 Å². The highest BCUT2D eigenvalue weighted by atomic mass is 16.5. The molecular formula is C26H22O4. The summed E-state index contributed by atoms with van der Waals surface area (Å²) >= 11 is 0. The summed E-state index contributed by atoms with van der Waals surface area (Å²) in [6.45, 7) is 0. The Bertz CT molecular complexity index is 1220. The van der Waals surface area contributed by atoms with Crippen LogP contribution in [0.2, 0.25) is 0 Å². The maximum Gasteiger partial charge on any atom is 0.161 e. The van der Waals surface area contributed by atoms with Gasteiger partial charge in [-0.2, -0.15) is 0 Å². The highest BCUT2D eigenvalue weighted by molar-refractivity contribution is 6.07. The van der Waals surface area contributed by atoms with E-state index in [-0.39, 0.29) is 0 Å². The first kappa shape index (κ1) is 19.5. The zero-order valence-corrected chi connectivity index (χ0v) is 17.1. The molecule has 4 aromatic carbocycles. The lowest BCUT2D eigenvalue weighted by molar-refractivity contribution is 0.112. The number of fused-ring (bicyclic) bond motifs is 1. The zero-order valence-electron chi connectivity index (χ0n) is 17.1. The Morgan fingerprint density at radius 3 is 1.77 bits per heavy atom. The topological polar surface area (TPSA) is 44.8 Å². The normalized spacial score (nSPS) is 10.6. The predicted octanol–water partition coefficient (Wildman–Crippen LogP) is 6.01. The van der Waals surface area contributed by atoms with Crippen LogP contribution < -0.4 is 14.2 Å². The number of aldehydes is 1. The fraction of sp³-hybridized carbons (Fsp3) is 0.115. The van der Waals surface area contributed by atoms with E-state index >= 15 is 0 Å². The van der Waals surface area contributed by atoms with E-state index in [1.165, 1.54) is 0 Å². The summed E-state index contributed by atoms with van der Waals surface area (Å²) < 4.78 is 16.2. The Hall–Kier alpha value is -3.79. The number of benzene rings is 4. The molecule has 0 saturated heterocycles. The molecule has 4 heteroatoms. The van der Waals surface area contributed by atoms with E-state index in [2.05, 4.69) is 24.3 Å². The number of hydrogen-bond donors (Lipinski definition) is 0. The van der Waals surface area contributed by atoms with E-state index in [1.54, 1.807) is 21.3 Å². The Kier molecular flexibility index (Phi) is 5.40. The summed E-state index contributed by atoms with van der Waals surface area (Å²) in [5.41, 5.74) is 4.62. The number of ether oxygens (including phenoxy) is 3. The molecule has 0 aliphatic carbocycles. The van der Waals surface area contributed by atoms with Crippen molar-refractivity contribution in [3.05, 3.63) is 78.4 Å². The maximum atomic E-state index is 11.5. The van der Waals surface area contributed by atoms with E-state index in [1.807, 2.05) is 48.5 Å². The second kappa shape index (κ2) is 8.29. The standard InChI is InChI=1S/C26H22O4/c1-28-23-12-10-18(14-20(23)16-27)21-8-4-6-17-7-5-9-22(26(17)21)19-11-13-24(29-2)25(15-19)30-3/h4-16H,1-3H3. The van der Waals surface area contributed by atoms with Gasteiger partial charge < -0.3 is 14.2 Å². The van der Waals surface area contributed by atoms with E-state index in [9.17, 15) is 4.79 Å². The van der Waals surface area contributed by atoms with Crippen molar-refractivity contribution in [3.63, 3.8) is 0 Å². The predicted molar refractivity (Wildman–Crippen MR) is 120 cm³/mol. The molecule has 0 bridgehead atoms. The number of rotatable bonds is 6. The largest absolute Gasteiger partial charge is 0.496 e. The molecule has 0 radical (unpaired) electrons. The molecule has 0 aliphatic heterocycles. The highest BCUT2D eigenvalue weighted by Crippen LogP contribution is 2.40. The van der Waals surface area contributed by atoms with Crippen molar-refractivity contribution in [2.75, 3.05) is 21.3 Å². The lowest BCUT2D eigenvalue weighted by atomic mass is 9.91. The van der Waals surface area contributed by atoms with Gasteiger partial charge in [0.1, 0.15) is 5.75 Å². The minimum Gasteiger partial charge on any atom is -0.496 e. The number of methoxy groups -OCH3 is 3. The number of carbonyl (C=O) groups is 1. The van der Waals surface area contributed by atoms with E-state index in [0.717, 1.165) is 39.3 Å². The lowest BCUT2D eigenvalue weighted by Crippen LogP contribution is -1.93. The molecule has 0 aliphatic rings. The average molecular weight is 398 g/mol. The Labute approximate surface area is 175 Å². The summed E-state index contributed by atoms with van der Waals surface area (Å²) in [7, 11) is 4.82. The lowest BCUT2D eigenvalue weighted by Gasteiger charge is -2.15. The van der Waals surface area contributed by atoms with Crippen LogP contribution in [0.5, 0.6) is 17.2 Å². The van der Waals surface area contributed by atoms with Gasteiger partial charge in [-0.3, -0.25) is 4.79 Å². The molecule has 0 aromatic heterocycles. The third-order valence-electron chi connectivity index (χ3n) is 5.27. The van der Waals surface area contributed by atoms with Crippen molar-refractivity contribution in [1.82, 2.24) is 0 Å². The molecule has 30 heavy (non-hydrogen) atoms. The molecule has 150 valence electrons. The Morgan fingerprint density at radius 1 is 0.633 bits per heavy atom. The molecule has 0 N–H and O–H groups in total. The number of carbonyl (C=O) groups excluding carboxylic acids is 1. The van der Waals surface area contributed by atoms with Crippen molar-refractivity contribution < 1.29 is 19.0 Å². The second-order valence-corrected chi connectivity index (χ2v) is 6.85. The fourth-order valence-corrected chi connectivity index (χ4v) is 3.82. The zero-order chi connectivity index (χ0) is 21.1. The van der Waals surface area contributed by atoms with Gasteiger partial charge in [0.25, 0.3) is 0 Å². The van der Waals surface area contributed by atoms with Gasteiger partial charge in [-0.25, -0.2) is 0 Å². The van der Waals surface area contributed by atoms with Crippen LogP contribution in [0.3, 0.4) is 0 Å². The van der Waals surface area contributed by atoms with Crippen molar-refractivity contribution in [2.45, 2.75) is 0 Å². The summed E-state index contributed by atoms with van der Waals surface area (Å²) in [5.74, 6) is 1.93. The first-order valence-electron chi connectivity index (χ1n) is 9.58. The smallest absolute Gasteiger partial charge is 0.161 e.